The number of aryl methyl sites for hydroxylation is 1. The van der Waals surface area contributed by atoms with Crippen LogP contribution in [-0.4, -0.2) is 49.4 Å². The second-order valence-electron chi connectivity index (χ2n) is 9.00. The van der Waals surface area contributed by atoms with Gasteiger partial charge in [-0.1, -0.05) is 12.1 Å². The Morgan fingerprint density at radius 2 is 1.86 bits per heavy atom. The second-order valence-corrected chi connectivity index (χ2v) is 9.00. The third-order valence-electron chi connectivity index (χ3n) is 6.23. The van der Waals surface area contributed by atoms with E-state index in [0.717, 1.165) is 46.6 Å². The standard InChI is InChI=1S/C26H25FN6.C2H7N/c1-16-10-17(15-29-2)11-21(27)25(16)19-13-20-23(12-18(19)14-28)31-32-26(20)22-6-5-7-24(30-22)33-8-3-4-9-33;1-3-2/h5-7,10-13,29H,3-4,8-9,15H2,1-2H3,(H,31,32);3H,1-2H3. The molecule has 0 amide bonds. The Balaban J connectivity index is 0.000000967. The van der Waals surface area contributed by atoms with Crippen molar-refractivity contribution in [3.05, 3.63) is 65.0 Å². The highest BCUT2D eigenvalue weighted by molar-refractivity contribution is 5.97. The topological polar surface area (TPSA) is 92.7 Å². The van der Waals surface area contributed by atoms with Gasteiger partial charge in [-0.2, -0.15) is 10.4 Å². The molecule has 186 valence electrons. The molecule has 0 saturated carbocycles. The molecule has 1 saturated heterocycles. The molecule has 0 aliphatic carbocycles. The fourth-order valence-electron chi connectivity index (χ4n) is 4.70. The van der Waals surface area contributed by atoms with Crippen LogP contribution >= 0.6 is 0 Å². The number of nitrogens with zero attached hydrogens (tertiary/aromatic N) is 4. The summed E-state index contributed by atoms with van der Waals surface area (Å²) in [6.07, 6.45) is 2.35. The summed E-state index contributed by atoms with van der Waals surface area (Å²) >= 11 is 0. The molecule has 8 heteroatoms. The Bertz CT molecular complexity index is 1370. The second kappa shape index (κ2) is 11.3. The van der Waals surface area contributed by atoms with Gasteiger partial charge in [0.25, 0.3) is 0 Å². The fraction of sp³-hybridized carbons (Fsp3) is 0.321. The minimum Gasteiger partial charge on any atom is -0.357 e. The van der Waals surface area contributed by atoms with Crippen LogP contribution in [-0.2, 0) is 6.54 Å². The summed E-state index contributed by atoms with van der Waals surface area (Å²) < 4.78 is 15.2. The quantitative estimate of drug-likeness (QED) is 0.377. The van der Waals surface area contributed by atoms with Gasteiger partial charge in [0.1, 0.15) is 17.3 Å². The van der Waals surface area contributed by atoms with Crippen molar-refractivity contribution in [3.8, 4) is 28.6 Å². The largest absolute Gasteiger partial charge is 0.357 e. The predicted octanol–water partition coefficient (Wildman–Crippen LogP) is 4.77. The van der Waals surface area contributed by atoms with E-state index in [1.807, 2.05) is 58.4 Å². The number of fused-ring (bicyclic) bond motifs is 1. The molecule has 36 heavy (non-hydrogen) atoms. The first-order chi connectivity index (χ1) is 17.5. The van der Waals surface area contributed by atoms with Crippen LogP contribution in [0.3, 0.4) is 0 Å². The van der Waals surface area contributed by atoms with E-state index in [9.17, 15) is 5.26 Å². The molecule has 0 unspecified atom stereocenters. The SMILES string of the molecule is CNC.CNCc1cc(C)c(-c2cc3c(-c4cccc(N5CCCC5)n4)n[nH]c3cc2C#N)c(F)c1. The maximum absolute atomic E-state index is 15.2. The van der Waals surface area contributed by atoms with Crippen molar-refractivity contribution in [2.24, 2.45) is 0 Å². The third kappa shape index (κ3) is 5.08. The van der Waals surface area contributed by atoms with Gasteiger partial charge in [0, 0.05) is 36.1 Å². The number of aromatic nitrogens is 3. The monoisotopic (exact) mass is 485 g/mol. The first-order valence-corrected chi connectivity index (χ1v) is 12.2. The lowest BCUT2D eigenvalue weighted by atomic mass is 9.92. The van der Waals surface area contributed by atoms with Gasteiger partial charge in [0.05, 0.1) is 22.8 Å². The van der Waals surface area contributed by atoms with Crippen molar-refractivity contribution in [1.29, 1.82) is 5.26 Å². The van der Waals surface area contributed by atoms with E-state index in [4.69, 9.17) is 4.98 Å². The number of H-pyrrole nitrogens is 1. The van der Waals surface area contributed by atoms with E-state index >= 15 is 4.39 Å². The molecule has 0 spiro atoms. The van der Waals surface area contributed by atoms with Crippen molar-refractivity contribution in [1.82, 2.24) is 25.8 Å². The summed E-state index contributed by atoms with van der Waals surface area (Å²) in [6, 6.07) is 15.3. The highest BCUT2D eigenvalue weighted by atomic mass is 19.1. The number of rotatable bonds is 5. The predicted molar refractivity (Wildman–Crippen MR) is 143 cm³/mol. The average molecular weight is 486 g/mol. The highest BCUT2D eigenvalue weighted by Gasteiger charge is 2.20. The van der Waals surface area contributed by atoms with E-state index in [2.05, 4.69) is 31.8 Å². The lowest BCUT2D eigenvalue weighted by Gasteiger charge is -2.16. The van der Waals surface area contributed by atoms with Gasteiger partial charge in [0.15, 0.2) is 0 Å². The molecule has 5 rings (SSSR count). The molecular formula is C28H32FN7. The van der Waals surface area contributed by atoms with Crippen molar-refractivity contribution in [2.45, 2.75) is 26.3 Å². The molecule has 1 aliphatic rings. The molecule has 0 atom stereocenters. The first kappa shape index (κ1) is 25.3. The average Bonchev–Trinajstić information content (AvgIpc) is 3.54. The number of aromatic amines is 1. The van der Waals surface area contributed by atoms with Gasteiger partial charge in [-0.3, -0.25) is 5.10 Å². The van der Waals surface area contributed by atoms with E-state index in [1.165, 1.54) is 18.9 Å². The Hall–Kier alpha value is -3.80. The van der Waals surface area contributed by atoms with Crippen LogP contribution in [0.4, 0.5) is 10.2 Å². The van der Waals surface area contributed by atoms with Crippen molar-refractivity contribution in [2.75, 3.05) is 39.1 Å². The minimum absolute atomic E-state index is 0.338. The van der Waals surface area contributed by atoms with Crippen LogP contribution in [0.25, 0.3) is 33.4 Å². The van der Waals surface area contributed by atoms with E-state index < -0.39 is 0 Å². The van der Waals surface area contributed by atoms with Crippen LogP contribution < -0.4 is 15.5 Å². The summed E-state index contributed by atoms with van der Waals surface area (Å²) in [5.74, 6) is 0.604. The molecule has 0 radical (unpaired) electrons. The zero-order valence-corrected chi connectivity index (χ0v) is 21.2. The number of nitrogens with one attached hydrogen (secondary N) is 3. The molecule has 7 nitrogen and oxygen atoms in total. The zero-order valence-electron chi connectivity index (χ0n) is 21.2. The molecule has 0 bridgehead atoms. The lowest BCUT2D eigenvalue weighted by Crippen LogP contribution is -2.18. The molecule has 1 aliphatic heterocycles. The Kier molecular flexibility index (Phi) is 7.93. The third-order valence-corrected chi connectivity index (χ3v) is 6.23. The number of pyridine rings is 1. The normalized spacial score (nSPS) is 12.9. The number of hydrogen-bond acceptors (Lipinski definition) is 6. The number of benzene rings is 2. The Labute approximate surface area is 211 Å². The van der Waals surface area contributed by atoms with Crippen molar-refractivity contribution >= 4 is 16.7 Å². The highest BCUT2D eigenvalue weighted by Crippen LogP contribution is 2.36. The number of hydrogen-bond donors (Lipinski definition) is 3. The van der Waals surface area contributed by atoms with Gasteiger partial charge >= 0.3 is 0 Å². The maximum Gasteiger partial charge on any atom is 0.131 e. The van der Waals surface area contributed by atoms with Crippen molar-refractivity contribution in [3.63, 3.8) is 0 Å². The number of halogens is 1. The summed E-state index contributed by atoms with van der Waals surface area (Å²) in [5, 5.41) is 24.0. The van der Waals surface area contributed by atoms with Gasteiger partial charge < -0.3 is 15.5 Å². The van der Waals surface area contributed by atoms with Crippen LogP contribution in [0.15, 0.2) is 42.5 Å². The van der Waals surface area contributed by atoms with Crippen LogP contribution in [0.5, 0.6) is 0 Å². The van der Waals surface area contributed by atoms with Gasteiger partial charge in [-0.05, 0) is 82.4 Å². The number of anilines is 1. The van der Waals surface area contributed by atoms with E-state index in [-0.39, 0.29) is 5.82 Å². The molecule has 3 N–H and O–H groups in total. The van der Waals surface area contributed by atoms with Gasteiger partial charge in [-0.15, -0.1) is 0 Å². The summed E-state index contributed by atoms with van der Waals surface area (Å²) in [7, 11) is 5.58. The van der Waals surface area contributed by atoms with Crippen molar-refractivity contribution < 1.29 is 4.39 Å². The molecule has 1 fully saturated rings. The molecule has 2 aromatic carbocycles. The van der Waals surface area contributed by atoms with Crippen LogP contribution in [0, 0.1) is 24.1 Å². The van der Waals surface area contributed by atoms with E-state index in [1.54, 1.807) is 6.07 Å². The molecule has 3 heterocycles. The maximum atomic E-state index is 15.2. The lowest BCUT2D eigenvalue weighted by molar-refractivity contribution is 0.626. The Morgan fingerprint density at radius 1 is 1.11 bits per heavy atom. The van der Waals surface area contributed by atoms with Gasteiger partial charge in [-0.25, -0.2) is 9.37 Å². The first-order valence-electron chi connectivity index (χ1n) is 12.2. The summed E-state index contributed by atoms with van der Waals surface area (Å²) in [4.78, 5) is 7.14. The fourth-order valence-corrected chi connectivity index (χ4v) is 4.70. The summed E-state index contributed by atoms with van der Waals surface area (Å²) in [6.45, 7) is 4.47. The minimum atomic E-state index is -0.338. The van der Waals surface area contributed by atoms with Gasteiger partial charge in [0.2, 0.25) is 0 Å². The van der Waals surface area contributed by atoms with Crippen LogP contribution in [0.2, 0.25) is 0 Å². The van der Waals surface area contributed by atoms with Crippen LogP contribution in [0.1, 0.15) is 29.5 Å². The molecule has 2 aromatic heterocycles. The number of nitriles is 1. The molecular weight excluding hydrogens is 453 g/mol. The van der Waals surface area contributed by atoms with E-state index in [0.29, 0.717) is 28.9 Å². The summed E-state index contributed by atoms with van der Waals surface area (Å²) in [5.41, 5.74) is 5.24. The molecule has 4 aromatic rings. The Morgan fingerprint density at radius 3 is 2.53 bits per heavy atom. The zero-order chi connectivity index (χ0) is 25.7. The smallest absolute Gasteiger partial charge is 0.131 e.